The number of Topliss-reactive ketones (excluding diaryl/α,β-unsaturated/α-hetero) is 1. The maximum absolute atomic E-state index is 12.6. The van der Waals surface area contributed by atoms with E-state index in [9.17, 15) is 4.79 Å². The van der Waals surface area contributed by atoms with Crippen LogP contribution in [0.4, 0.5) is 11.6 Å². The number of anilines is 2. The molecule has 0 bridgehead atoms. The van der Waals surface area contributed by atoms with Crippen molar-refractivity contribution in [3.8, 4) is 0 Å². The average Bonchev–Trinajstić information content (AvgIpc) is 2.62. The molecule has 1 unspecified atom stereocenters. The van der Waals surface area contributed by atoms with E-state index < -0.39 is 0 Å². The molecule has 1 fully saturated rings. The molecular weight excluding hydrogens is 290 g/mol. The van der Waals surface area contributed by atoms with Gasteiger partial charge in [0.15, 0.2) is 5.78 Å². The number of benzene rings is 1. The lowest BCUT2D eigenvalue weighted by atomic mass is 10.0. The molecular formula is C17H21N5O. The van der Waals surface area contributed by atoms with Crippen molar-refractivity contribution in [2.75, 3.05) is 36.8 Å². The number of nitrogen functional groups attached to an aromatic ring is 1. The maximum Gasteiger partial charge on any atom is 0.225 e. The first-order valence-corrected chi connectivity index (χ1v) is 7.81. The van der Waals surface area contributed by atoms with Crippen LogP contribution in [-0.4, -0.2) is 52.9 Å². The highest BCUT2D eigenvalue weighted by Crippen LogP contribution is 2.15. The predicted octanol–water partition coefficient (Wildman–Crippen LogP) is 1.45. The lowest BCUT2D eigenvalue weighted by Gasteiger charge is -2.37. The molecule has 6 nitrogen and oxygen atoms in total. The molecule has 0 aliphatic carbocycles. The molecule has 0 radical (unpaired) electrons. The third kappa shape index (κ3) is 3.48. The maximum atomic E-state index is 12.6. The molecule has 2 heterocycles. The average molecular weight is 311 g/mol. The van der Waals surface area contributed by atoms with Gasteiger partial charge in [-0.15, -0.1) is 0 Å². The Kier molecular flexibility index (Phi) is 4.52. The van der Waals surface area contributed by atoms with E-state index in [1.54, 1.807) is 36.7 Å². The number of hydrogen-bond acceptors (Lipinski definition) is 6. The van der Waals surface area contributed by atoms with E-state index in [2.05, 4.69) is 19.8 Å². The second-order valence-electron chi connectivity index (χ2n) is 5.73. The minimum Gasteiger partial charge on any atom is -0.399 e. The summed E-state index contributed by atoms with van der Waals surface area (Å²) < 4.78 is 0. The molecule has 0 spiro atoms. The minimum atomic E-state index is -0.141. The van der Waals surface area contributed by atoms with Crippen molar-refractivity contribution in [2.45, 2.75) is 13.0 Å². The summed E-state index contributed by atoms with van der Waals surface area (Å²) in [5, 5.41) is 0. The Morgan fingerprint density at radius 3 is 2.30 bits per heavy atom. The first-order valence-electron chi connectivity index (χ1n) is 7.81. The van der Waals surface area contributed by atoms with Gasteiger partial charge in [0.1, 0.15) is 0 Å². The smallest absolute Gasteiger partial charge is 0.225 e. The lowest BCUT2D eigenvalue weighted by Crippen LogP contribution is -2.52. The Bertz CT molecular complexity index is 650. The first kappa shape index (κ1) is 15.4. The molecule has 0 saturated carbocycles. The fraction of sp³-hybridized carbons (Fsp3) is 0.353. The van der Waals surface area contributed by atoms with Gasteiger partial charge in [0.05, 0.1) is 6.04 Å². The Morgan fingerprint density at radius 1 is 1.09 bits per heavy atom. The number of carbonyl (C=O) groups is 1. The number of rotatable bonds is 4. The van der Waals surface area contributed by atoms with Crippen LogP contribution in [-0.2, 0) is 0 Å². The highest BCUT2D eigenvalue weighted by molar-refractivity contribution is 6.00. The van der Waals surface area contributed by atoms with Crippen LogP contribution in [0.1, 0.15) is 17.3 Å². The number of ketones is 1. The number of hydrogen-bond donors (Lipinski definition) is 1. The highest BCUT2D eigenvalue weighted by atomic mass is 16.1. The number of carbonyl (C=O) groups excluding carboxylic acids is 1. The van der Waals surface area contributed by atoms with Crippen molar-refractivity contribution in [1.82, 2.24) is 14.9 Å². The van der Waals surface area contributed by atoms with E-state index in [1.165, 1.54) is 0 Å². The summed E-state index contributed by atoms with van der Waals surface area (Å²) in [7, 11) is 0. The number of nitrogens with zero attached hydrogens (tertiary/aromatic N) is 4. The second kappa shape index (κ2) is 6.75. The zero-order valence-corrected chi connectivity index (χ0v) is 13.2. The van der Waals surface area contributed by atoms with Gasteiger partial charge in [-0.3, -0.25) is 9.69 Å². The van der Waals surface area contributed by atoms with Crippen LogP contribution in [0, 0.1) is 0 Å². The molecule has 1 aromatic carbocycles. The van der Waals surface area contributed by atoms with Gasteiger partial charge >= 0.3 is 0 Å². The van der Waals surface area contributed by atoms with Crippen LogP contribution in [0.25, 0.3) is 0 Å². The van der Waals surface area contributed by atoms with Crippen LogP contribution < -0.4 is 10.6 Å². The highest BCUT2D eigenvalue weighted by Gasteiger charge is 2.26. The summed E-state index contributed by atoms with van der Waals surface area (Å²) in [5.41, 5.74) is 7.06. The van der Waals surface area contributed by atoms with Gasteiger partial charge in [0.25, 0.3) is 0 Å². The van der Waals surface area contributed by atoms with E-state index in [4.69, 9.17) is 5.73 Å². The van der Waals surface area contributed by atoms with E-state index in [1.807, 2.05) is 13.0 Å². The van der Waals surface area contributed by atoms with Crippen molar-refractivity contribution in [2.24, 2.45) is 0 Å². The fourth-order valence-corrected chi connectivity index (χ4v) is 2.82. The van der Waals surface area contributed by atoms with Crippen molar-refractivity contribution >= 4 is 17.4 Å². The molecule has 3 rings (SSSR count). The van der Waals surface area contributed by atoms with Crippen LogP contribution in [0.15, 0.2) is 42.7 Å². The van der Waals surface area contributed by atoms with E-state index in [0.717, 1.165) is 32.1 Å². The van der Waals surface area contributed by atoms with Gasteiger partial charge in [-0.1, -0.05) is 0 Å². The Balaban J connectivity index is 1.60. The topological polar surface area (TPSA) is 75.4 Å². The molecule has 2 aromatic rings. The van der Waals surface area contributed by atoms with Gasteiger partial charge < -0.3 is 10.6 Å². The SMILES string of the molecule is CC(C(=O)c1ccc(N)cc1)N1CCN(c2ncccn2)CC1. The van der Waals surface area contributed by atoms with Crippen molar-refractivity contribution in [1.29, 1.82) is 0 Å². The molecule has 1 saturated heterocycles. The summed E-state index contributed by atoms with van der Waals surface area (Å²) in [5.74, 6) is 0.888. The number of nitrogens with two attached hydrogens (primary N) is 1. The van der Waals surface area contributed by atoms with Gasteiger partial charge in [-0.2, -0.15) is 0 Å². The zero-order valence-electron chi connectivity index (χ0n) is 13.2. The summed E-state index contributed by atoms with van der Waals surface area (Å²) in [6.07, 6.45) is 3.50. The quantitative estimate of drug-likeness (QED) is 0.680. The van der Waals surface area contributed by atoms with Gasteiger partial charge in [0, 0.05) is 49.8 Å². The Hall–Kier alpha value is -2.47. The van der Waals surface area contributed by atoms with E-state index in [0.29, 0.717) is 11.3 Å². The predicted molar refractivity (Wildman–Crippen MR) is 90.5 cm³/mol. The molecule has 23 heavy (non-hydrogen) atoms. The summed E-state index contributed by atoms with van der Waals surface area (Å²) in [6, 6.07) is 8.80. The molecule has 1 aliphatic heterocycles. The summed E-state index contributed by atoms with van der Waals surface area (Å²) >= 11 is 0. The van der Waals surface area contributed by atoms with Crippen LogP contribution in [0.2, 0.25) is 0 Å². The fourth-order valence-electron chi connectivity index (χ4n) is 2.82. The normalized spacial score (nSPS) is 17.0. The number of piperazine rings is 1. The van der Waals surface area contributed by atoms with Gasteiger partial charge in [0.2, 0.25) is 5.95 Å². The van der Waals surface area contributed by atoms with Crippen LogP contribution in [0.5, 0.6) is 0 Å². The molecule has 0 amide bonds. The van der Waals surface area contributed by atoms with E-state index >= 15 is 0 Å². The minimum absolute atomic E-state index is 0.134. The van der Waals surface area contributed by atoms with Crippen molar-refractivity contribution in [3.63, 3.8) is 0 Å². The third-order valence-electron chi connectivity index (χ3n) is 4.27. The van der Waals surface area contributed by atoms with Crippen molar-refractivity contribution in [3.05, 3.63) is 48.3 Å². The zero-order chi connectivity index (χ0) is 16.2. The molecule has 6 heteroatoms. The van der Waals surface area contributed by atoms with Gasteiger partial charge in [-0.25, -0.2) is 9.97 Å². The molecule has 2 N–H and O–H groups in total. The molecule has 120 valence electrons. The van der Waals surface area contributed by atoms with E-state index in [-0.39, 0.29) is 11.8 Å². The largest absolute Gasteiger partial charge is 0.399 e. The van der Waals surface area contributed by atoms with Gasteiger partial charge in [-0.05, 0) is 37.3 Å². The third-order valence-corrected chi connectivity index (χ3v) is 4.27. The second-order valence-corrected chi connectivity index (χ2v) is 5.73. The number of aromatic nitrogens is 2. The Morgan fingerprint density at radius 2 is 1.70 bits per heavy atom. The molecule has 1 atom stereocenters. The summed E-state index contributed by atoms with van der Waals surface area (Å²) in [6.45, 7) is 5.25. The molecule has 1 aromatic heterocycles. The van der Waals surface area contributed by atoms with Crippen molar-refractivity contribution < 1.29 is 4.79 Å². The van der Waals surface area contributed by atoms with Crippen LogP contribution in [0.3, 0.4) is 0 Å². The monoisotopic (exact) mass is 311 g/mol. The molecule has 1 aliphatic rings. The standard InChI is InChI=1S/C17H21N5O/c1-13(16(23)14-3-5-15(18)6-4-14)21-9-11-22(12-10-21)17-19-7-2-8-20-17/h2-8,13H,9-12,18H2,1H3. The Labute approximate surface area is 135 Å². The van der Waals surface area contributed by atoms with Crippen LogP contribution >= 0.6 is 0 Å². The first-order chi connectivity index (χ1) is 11.1. The lowest BCUT2D eigenvalue weighted by molar-refractivity contribution is 0.0829. The summed E-state index contributed by atoms with van der Waals surface area (Å²) in [4.78, 5) is 25.5.